The topological polar surface area (TPSA) is 50.2 Å². The van der Waals surface area contributed by atoms with Crippen LogP contribution >= 0.6 is 0 Å². The predicted molar refractivity (Wildman–Crippen MR) is 209 cm³/mol. The van der Waals surface area contributed by atoms with E-state index in [9.17, 15) is 9.90 Å². The summed E-state index contributed by atoms with van der Waals surface area (Å²) in [5, 5.41) is 15.3. The molecule has 0 bridgehead atoms. The van der Waals surface area contributed by atoms with Gasteiger partial charge in [0.1, 0.15) is 8.07 Å². The fourth-order valence-electron chi connectivity index (χ4n) is 7.58. The van der Waals surface area contributed by atoms with Crippen molar-refractivity contribution in [2.45, 2.75) is 113 Å². The fraction of sp³-hybridized carbons (Fsp3) is 0.455. The van der Waals surface area contributed by atoms with E-state index < -0.39 is 8.07 Å². The molecule has 5 rings (SSSR count). The monoisotopic (exact) mass is 853 g/mol. The number of carbonyl (C=O) groups excluding carboxylic acids is 1. The summed E-state index contributed by atoms with van der Waals surface area (Å²) in [5.41, 5.74) is 8.01. The molecule has 2 heterocycles. The molecule has 0 fully saturated rings. The fourth-order valence-corrected chi connectivity index (χ4v) is 11.4. The smallest absolute Gasteiger partial charge is 0.162 e. The van der Waals surface area contributed by atoms with Gasteiger partial charge >= 0.3 is 0 Å². The molecule has 0 saturated heterocycles. The number of ketones is 1. The molecule has 3 nitrogen and oxygen atoms in total. The average molecular weight is 853 g/mol. The number of hydrogen-bond acceptors (Lipinski definition) is 3. The molecule has 1 aliphatic heterocycles. The Morgan fingerprint density at radius 1 is 0.878 bits per heavy atom. The van der Waals surface area contributed by atoms with Crippen LogP contribution in [0.1, 0.15) is 99.1 Å². The number of benzene rings is 3. The second-order valence-corrected chi connectivity index (χ2v) is 19.8. The molecule has 0 aliphatic carbocycles. The first-order chi connectivity index (χ1) is 22.7. The van der Waals surface area contributed by atoms with Gasteiger partial charge in [-0.3, -0.25) is 9.78 Å². The van der Waals surface area contributed by atoms with Crippen LogP contribution in [-0.4, -0.2) is 23.9 Å². The Bertz CT molecular complexity index is 1770. The second kappa shape index (κ2) is 16.9. The molecule has 0 amide bonds. The zero-order valence-corrected chi connectivity index (χ0v) is 35.1. The van der Waals surface area contributed by atoms with E-state index in [-0.39, 0.29) is 48.9 Å². The maximum Gasteiger partial charge on any atom is 0.162 e. The summed E-state index contributed by atoms with van der Waals surface area (Å²) in [5.74, 6) is 1.19. The molecule has 1 aliphatic rings. The molecule has 0 atom stereocenters. The maximum atomic E-state index is 11.7. The minimum absolute atomic E-state index is 0. The van der Waals surface area contributed by atoms with Gasteiger partial charge in [-0.05, 0) is 71.4 Å². The van der Waals surface area contributed by atoms with Gasteiger partial charge in [-0.2, -0.15) is 0 Å². The molecular weight excluding hydrogens is 795 g/mol. The van der Waals surface area contributed by atoms with E-state index in [0.717, 1.165) is 43.4 Å². The summed E-state index contributed by atoms with van der Waals surface area (Å²) in [6.45, 7) is 24.6. The quantitative estimate of drug-likeness (QED) is 0.0748. The SMILES string of the molecule is CC(C)Cc1cccc2c1[Si](C)(C)c1c-2ccnc1-c1[c-]c2ccccc2c(C(C)(C)C)c1.CCC(CC)C(=O)/C=C(\O)C(CC)CC.[Ir]. The maximum absolute atomic E-state index is 11.7. The zero-order chi connectivity index (χ0) is 35.4. The molecule has 1 aromatic heterocycles. The Kier molecular flexibility index (Phi) is 14.0. The summed E-state index contributed by atoms with van der Waals surface area (Å²) in [7, 11) is -1.93. The summed E-state index contributed by atoms with van der Waals surface area (Å²) in [6, 6.07) is 23.9. The Morgan fingerprint density at radius 2 is 1.49 bits per heavy atom. The number of rotatable bonds is 10. The van der Waals surface area contributed by atoms with E-state index >= 15 is 0 Å². The molecule has 265 valence electrons. The van der Waals surface area contributed by atoms with Crippen LogP contribution in [0.2, 0.25) is 13.1 Å². The molecule has 0 saturated carbocycles. The molecule has 49 heavy (non-hydrogen) atoms. The van der Waals surface area contributed by atoms with Crippen molar-refractivity contribution in [3.8, 4) is 22.4 Å². The van der Waals surface area contributed by atoms with Crippen molar-refractivity contribution in [2.24, 2.45) is 17.8 Å². The van der Waals surface area contributed by atoms with Crippen LogP contribution in [0.25, 0.3) is 33.2 Å². The van der Waals surface area contributed by atoms with E-state index in [0.29, 0.717) is 5.92 Å². The molecular formula is C44H58IrNO2Si-. The molecule has 3 aromatic carbocycles. The van der Waals surface area contributed by atoms with Crippen molar-refractivity contribution in [2.75, 3.05) is 0 Å². The second-order valence-electron chi connectivity index (χ2n) is 15.5. The third-order valence-electron chi connectivity index (χ3n) is 10.2. The van der Waals surface area contributed by atoms with Gasteiger partial charge in [-0.25, -0.2) is 0 Å². The third-order valence-corrected chi connectivity index (χ3v) is 13.8. The van der Waals surface area contributed by atoms with Gasteiger partial charge in [0.25, 0.3) is 0 Å². The first-order valence-corrected chi connectivity index (χ1v) is 21.2. The number of carbonyl (C=O) groups is 1. The standard InChI is InChI=1S/C31H34NSi.C13H24O2.Ir/c1-20(2)17-22-12-10-14-25-26-15-16-32-28(30(26)33(6,7)29(22)25)23-18-21-11-8-9-13-24(21)27(19-23)31(3,4)5;1-5-10(6-2)12(14)9-13(15)11(7-3)8-4;/h8-16,19-20H,17H2,1-7H3;9-11,14H,5-8H2,1-4H3;/q-1;;/b;12-9-;. The summed E-state index contributed by atoms with van der Waals surface area (Å²) >= 11 is 0. The van der Waals surface area contributed by atoms with Crippen molar-refractivity contribution < 1.29 is 30.0 Å². The van der Waals surface area contributed by atoms with Crippen LogP contribution in [0.5, 0.6) is 0 Å². The molecule has 5 heteroatoms. The Hall–Kier alpha value is -2.85. The molecule has 0 spiro atoms. The normalized spacial score (nSPS) is 13.6. The molecule has 1 radical (unpaired) electrons. The number of aliphatic hydroxyl groups excluding tert-OH is 1. The van der Waals surface area contributed by atoms with Crippen LogP contribution in [0.4, 0.5) is 0 Å². The van der Waals surface area contributed by atoms with Gasteiger partial charge in [0.05, 0.1) is 5.76 Å². The average Bonchev–Trinajstić information content (AvgIpc) is 3.28. The van der Waals surface area contributed by atoms with Gasteiger partial charge in [0, 0.05) is 49.9 Å². The van der Waals surface area contributed by atoms with Crippen LogP contribution in [-0.2, 0) is 36.7 Å². The number of hydrogen-bond donors (Lipinski definition) is 1. The first kappa shape index (κ1) is 40.6. The minimum atomic E-state index is -1.93. The van der Waals surface area contributed by atoms with E-state index in [1.165, 1.54) is 44.3 Å². The third kappa shape index (κ3) is 8.72. The van der Waals surface area contributed by atoms with Gasteiger partial charge in [0.15, 0.2) is 5.78 Å². The van der Waals surface area contributed by atoms with E-state index in [2.05, 4.69) is 108 Å². The van der Waals surface area contributed by atoms with Crippen molar-refractivity contribution >= 4 is 35.0 Å². The van der Waals surface area contributed by atoms with E-state index in [4.69, 9.17) is 4.98 Å². The Labute approximate surface area is 311 Å². The largest absolute Gasteiger partial charge is 0.512 e. The van der Waals surface area contributed by atoms with Gasteiger partial charge in [-0.1, -0.05) is 128 Å². The number of nitrogens with zero attached hydrogens (tertiary/aromatic N) is 1. The molecule has 1 N–H and O–H groups in total. The number of fused-ring (bicyclic) bond motifs is 4. The van der Waals surface area contributed by atoms with Crippen LogP contribution in [0.3, 0.4) is 0 Å². The summed E-state index contributed by atoms with van der Waals surface area (Å²) < 4.78 is 0. The predicted octanol–water partition coefficient (Wildman–Crippen LogP) is 10.9. The van der Waals surface area contributed by atoms with Crippen LogP contribution in [0, 0.1) is 23.8 Å². The van der Waals surface area contributed by atoms with Crippen molar-refractivity contribution in [1.29, 1.82) is 0 Å². The number of aliphatic hydroxyl groups is 1. The van der Waals surface area contributed by atoms with Crippen molar-refractivity contribution in [3.05, 3.63) is 89.8 Å². The van der Waals surface area contributed by atoms with Crippen LogP contribution in [0.15, 0.2) is 72.6 Å². The van der Waals surface area contributed by atoms with Gasteiger partial charge in [-0.15, -0.1) is 29.1 Å². The molecule has 4 aromatic rings. The van der Waals surface area contributed by atoms with Crippen LogP contribution < -0.4 is 10.4 Å². The Balaban J connectivity index is 0.000000347. The van der Waals surface area contributed by atoms with Crippen molar-refractivity contribution in [3.63, 3.8) is 0 Å². The number of allylic oxidation sites excluding steroid dienone is 2. The van der Waals surface area contributed by atoms with Gasteiger partial charge in [0.2, 0.25) is 0 Å². The molecule has 0 unspecified atom stereocenters. The first-order valence-electron chi connectivity index (χ1n) is 18.2. The minimum Gasteiger partial charge on any atom is -0.512 e. The zero-order valence-electron chi connectivity index (χ0n) is 31.8. The summed E-state index contributed by atoms with van der Waals surface area (Å²) in [6.07, 6.45) is 8.04. The Morgan fingerprint density at radius 3 is 2.08 bits per heavy atom. The van der Waals surface area contributed by atoms with Crippen molar-refractivity contribution in [1.82, 2.24) is 4.98 Å². The van der Waals surface area contributed by atoms with E-state index in [1.54, 1.807) is 5.19 Å². The number of pyridine rings is 1. The summed E-state index contributed by atoms with van der Waals surface area (Å²) in [4.78, 5) is 16.7. The van der Waals surface area contributed by atoms with Gasteiger partial charge < -0.3 is 5.11 Å². The number of aromatic nitrogens is 1. The van der Waals surface area contributed by atoms with E-state index in [1.807, 2.05) is 33.9 Å².